The molecule has 0 aliphatic carbocycles. The van der Waals surface area contributed by atoms with Gasteiger partial charge in [0.25, 0.3) is 0 Å². The van der Waals surface area contributed by atoms with E-state index in [4.69, 9.17) is 0 Å². The minimum absolute atomic E-state index is 0.0644. The fourth-order valence-electron chi connectivity index (χ4n) is 2.69. The molecule has 0 bridgehead atoms. The van der Waals surface area contributed by atoms with Crippen LogP contribution in [0, 0.1) is 0 Å². The second-order valence-corrected chi connectivity index (χ2v) is 5.85. The summed E-state index contributed by atoms with van der Waals surface area (Å²) in [7, 11) is 0. The van der Waals surface area contributed by atoms with Crippen molar-refractivity contribution in [1.29, 1.82) is 0 Å². The molecule has 2 nitrogen and oxygen atoms in total. The third kappa shape index (κ3) is 3.33. The van der Waals surface area contributed by atoms with Crippen molar-refractivity contribution >= 4 is 11.6 Å². The van der Waals surface area contributed by atoms with Crippen molar-refractivity contribution in [2.75, 3.05) is 0 Å². The number of Topliss-reactive ketones (excluding diaryl/α,β-unsaturated/α-hetero) is 2. The number of hydrogen-bond donors (Lipinski definition) is 0. The van der Waals surface area contributed by atoms with E-state index in [1.54, 1.807) is 13.8 Å². The number of carbonyl (C=O) groups is 2. The normalized spacial score (nSPS) is 10.4. The molecule has 0 atom stereocenters. The van der Waals surface area contributed by atoms with E-state index in [1.807, 2.05) is 72.8 Å². The van der Waals surface area contributed by atoms with Crippen LogP contribution in [0.25, 0.3) is 22.3 Å². The first-order valence-corrected chi connectivity index (χ1v) is 7.87. The van der Waals surface area contributed by atoms with Gasteiger partial charge in [-0.05, 0) is 48.2 Å². The highest BCUT2D eigenvalue weighted by Crippen LogP contribution is 2.26. The summed E-state index contributed by atoms with van der Waals surface area (Å²) in [5, 5.41) is 0. The van der Waals surface area contributed by atoms with Crippen molar-refractivity contribution in [1.82, 2.24) is 0 Å². The first-order chi connectivity index (χ1) is 11.5. The van der Waals surface area contributed by atoms with Crippen LogP contribution in [0.3, 0.4) is 0 Å². The zero-order valence-corrected chi connectivity index (χ0v) is 13.7. The lowest BCUT2D eigenvalue weighted by Gasteiger charge is -2.07. The predicted molar refractivity (Wildman–Crippen MR) is 97.3 cm³/mol. The minimum Gasteiger partial charge on any atom is -0.295 e. The highest BCUT2D eigenvalue weighted by Gasteiger charge is 2.05. The molecular weight excluding hydrogens is 296 g/mol. The largest absolute Gasteiger partial charge is 0.295 e. The monoisotopic (exact) mass is 314 g/mol. The van der Waals surface area contributed by atoms with Crippen LogP contribution in [0.1, 0.15) is 34.6 Å². The van der Waals surface area contributed by atoms with Crippen LogP contribution < -0.4 is 0 Å². The fourth-order valence-corrected chi connectivity index (χ4v) is 2.69. The predicted octanol–water partition coefficient (Wildman–Crippen LogP) is 5.43. The van der Waals surface area contributed by atoms with E-state index in [9.17, 15) is 9.59 Å². The average Bonchev–Trinajstić information content (AvgIpc) is 2.62. The van der Waals surface area contributed by atoms with Crippen LogP contribution in [0.15, 0.2) is 72.8 Å². The number of carbonyl (C=O) groups excluding carboxylic acids is 2. The Bertz CT molecular complexity index is 829. The van der Waals surface area contributed by atoms with E-state index < -0.39 is 0 Å². The Labute approximate surface area is 141 Å². The summed E-state index contributed by atoms with van der Waals surface area (Å²) in [5.41, 5.74) is 5.59. The SMILES string of the molecule is CC(=O)c1cccc(-c2ccc(-c3cccc(C(C)=O)c3)cc2)c1. The van der Waals surface area contributed by atoms with Gasteiger partial charge in [0.1, 0.15) is 0 Å². The van der Waals surface area contributed by atoms with Crippen LogP contribution in [0.5, 0.6) is 0 Å². The Kier molecular flexibility index (Phi) is 4.39. The van der Waals surface area contributed by atoms with Crippen molar-refractivity contribution in [3.8, 4) is 22.3 Å². The molecule has 0 saturated heterocycles. The summed E-state index contributed by atoms with van der Waals surface area (Å²) in [6.07, 6.45) is 0. The van der Waals surface area contributed by atoms with Gasteiger partial charge in [-0.25, -0.2) is 0 Å². The molecule has 0 radical (unpaired) electrons. The topological polar surface area (TPSA) is 34.1 Å². The van der Waals surface area contributed by atoms with Crippen molar-refractivity contribution in [3.63, 3.8) is 0 Å². The lowest BCUT2D eigenvalue weighted by Crippen LogP contribution is -1.92. The molecule has 2 heteroatoms. The lowest BCUT2D eigenvalue weighted by molar-refractivity contribution is 0.100. The van der Waals surface area contributed by atoms with Crippen molar-refractivity contribution < 1.29 is 9.59 Å². The van der Waals surface area contributed by atoms with Gasteiger partial charge < -0.3 is 0 Å². The zero-order chi connectivity index (χ0) is 17.1. The van der Waals surface area contributed by atoms with E-state index in [0.29, 0.717) is 11.1 Å². The third-order valence-corrected chi connectivity index (χ3v) is 4.09. The maximum Gasteiger partial charge on any atom is 0.159 e. The van der Waals surface area contributed by atoms with Crippen LogP contribution in [0.4, 0.5) is 0 Å². The molecule has 0 saturated carbocycles. The molecule has 0 aromatic heterocycles. The van der Waals surface area contributed by atoms with Crippen LogP contribution >= 0.6 is 0 Å². The summed E-state index contributed by atoms with van der Waals surface area (Å²) < 4.78 is 0. The van der Waals surface area contributed by atoms with Gasteiger partial charge in [0, 0.05) is 11.1 Å². The molecule has 0 unspecified atom stereocenters. The van der Waals surface area contributed by atoms with Crippen LogP contribution in [0.2, 0.25) is 0 Å². The Morgan fingerprint density at radius 1 is 0.542 bits per heavy atom. The highest BCUT2D eigenvalue weighted by molar-refractivity contribution is 5.96. The van der Waals surface area contributed by atoms with E-state index in [0.717, 1.165) is 22.3 Å². The van der Waals surface area contributed by atoms with Gasteiger partial charge in [0.05, 0.1) is 0 Å². The van der Waals surface area contributed by atoms with Gasteiger partial charge >= 0.3 is 0 Å². The van der Waals surface area contributed by atoms with Crippen molar-refractivity contribution in [2.45, 2.75) is 13.8 Å². The number of rotatable bonds is 4. The third-order valence-electron chi connectivity index (χ3n) is 4.09. The van der Waals surface area contributed by atoms with Crippen molar-refractivity contribution in [2.24, 2.45) is 0 Å². The number of benzene rings is 3. The Hall–Kier alpha value is -3.00. The van der Waals surface area contributed by atoms with Gasteiger partial charge in [-0.3, -0.25) is 9.59 Å². The first kappa shape index (κ1) is 15.9. The standard InChI is InChI=1S/C22H18O2/c1-15(23)19-5-3-7-21(13-19)17-9-11-18(12-10-17)22-8-4-6-20(14-22)16(2)24/h3-14H,1-2H3. The van der Waals surface area contributed by atoms with Gasteiger partial charge in [-0.2, -0.15) is 0 Å². The molecule has 0 amide bonds. The first-order valence-electron chi connectivity index (χ1n) is 7.87. The molecule has 3 aromatic carbocycles. The molecule has 3 aromatic rings. The van der Waals surface area contributed by atoms with Crippen LogP contribution in [-0.2, 0) is 0 Å². The number of ketones is 2. The molecule has 118 valence electrons. The van der Waals surface area contributed by atoms with Crippen LogP contribution in [-0.4, -0.2) is 11.6 Å². The highest BCUT2D eigenvalue weighted by atomic mass is 16.1. The zero-order valence-electron chi connectivity index (χ0n) is 13.7. The molecule has 0 aliphatic heterocycles. The number of hydrogen-bond acceptors (Lipinski definition) is 2. The molecule has 0 fully saturated rings. The van der Waals surface area contributed by atoms with E-state index >= 15 is 0 Å². The Morgan fingerprint density at radius 2 is 0.917 bits per heavy atom. The van der Waals surface area contributed by atoms with E-state index in [-0.39, 0.29) is 11.6 Å². The second-order valence-electron chi connectivity index (χ2n) is 5.85. The van der Waals surface area contributed by atoms with Gasteiger partial charge in [-0.1, -0.05) is 60.7 Å². The second kappa shape index (κ2) is 6.63. The summed E-state index contributed by atoms with van der Waals surface area (Å²) in [6, 6.07) is 23.4. The minimum atomic E-state index is 0.0644. The van der Waals surface area contributed by atoms with Crippen molar-refractivity contribution in [3.05, 3.63) is 83.9 Å². The van der Waals surface area contributed by atoms with Gasteiger partial charge in [0.15, 0.2) is 11.6 Å². The summed E-state index contributed by atoms with van der Waals surface area (Å²) in [4.78, 5) is 23.1. The smallest absolute Gasteiger partial charge is 0.159 e. The molecule has 0 aliphatic rings. The maximum atomic E-state index is 11.5. The Balaban J connectivity index is 1.94. The maximum absolute atomic E-state index is 11.5. The van der Waals surface area contributed by atoms with E-state index in [2.05, 4.69) is 0 Å². The average molecular weight is 314 g/mol. The summed E-state index contributed by atoms with van der Waals surface area (Å²) >= 11 is 0. The Morgan fingerprint density at radius 3 is 1.25 bits per heavy atom. The molecule has 24 heavy (non-hydrogen) atoms. The molecule has 0 heterocycles. The lowest BCUT2D eigenvalue weighted by atomic mass is 9.97. The molecule has 0 N–H and O–H groups in total. The fraction of sp³-hybridized carbons (Fsp3) is 0.0909. The quantitative estimate of drug-likeness (QED) is 0.602. The summed E-state index contributed by atoms with van der Waals surface area (Å²) in [5.74, 6) is 0.129. The van der Waals surface area contributed by atoms with Gasteiger partial charge in [0.2, 0.25) is 0 Å². The molecular formula is C22H18O2. The summed E-state index contributed by atoms with van der Waals surface area (Å²) in [6.45, 7) is 3.15. The molecule has 3 rings (SSSR count). The molecule has 0 spiro atoms. The van der Waals surface area contributed by atoms with Gasteiger partial charge in [-0.15, -0.1) is 0 Å². The van der Waals surface area contributed by atoms with E-state index in [1.165, 1.54) is 0 Å².